The van der Waals surface area contributed by atoms with Crippen LogP contribution in [0, 0.1) is 11.8 Å². The van der Waals surface area contributed by atoms with Crippen LogP contribution in [-0.2, 0) is 20.7 Å². The third-order valence-corrected chi connectivity index (χ3v) is 5.41. The third-order valence-electron chi connectivity index (χ3n) is 5.41. The summed E-state index contributed by atoms with van der Waals surface area (Å²) in [6, 6.07) is 5.93. The summed E-state index contributed by atoms with van der Waals surface area (Å²) in [5.74, 6) is 2.20. The van der Waals surface area contributed by atoms with Crippen molar-refractivity contribution in [1.82, 2.24) is 0 Å². The van der Waals surface area contributed by atoms with E-state index in [4.69, 9.17) is 18.9 Å². The molecule has 3 rings (SSSR count). The number of ketones is 1. The Labute approximate surface area is 154 Å². The van der Waals surface area contributed by atoms with Crippen LogP contribution in [0.1, 0.15) is 25.3 Å². The van der Waals surface area contributed by atoms with Gasteiger partial charge in [0.2, 0.25) is 0 Å². The molecule has 0 radical (unpaired) electrons. The van der Waals surface area contributed by atoms with Gasteiger partial charge in [0.25, 0.3) is 0 Å². The van der Waals surface area contributed by atoms with Crippen molar-refractivity contribution in [3.63, 3.8) is 0 Å². The first-order chi connectivity index (χ1) is 12.5. The molecule has 1 aromatic carbocycles. The zero-order valence-electron chi connectivity index (χ0n) is 15.6. The second-order valence-electron chi connectivity index (χ2n) is 6.93. The maximum Gasteiger partial charge on any atom is 0.189 e. The Morgan fingerprint density at radius 3 is 2.81 bits per heavy atom. The molecule has 0 amide bonds. The van der Waals surface area contributed by atoms with Crippen LogP contribution in [0.15, 0.2) is 42.7 Å². The van der Waals surface area contributed by atoms with Gasteiger partial charge in [-0.05, 0) is 42.9 Å². The molecule has 3 atom stereocenters. The van der Waals surface area contributed by atoms with E-state index in [9.17, 15) is 4.79 Å². The molecule has 0 N–H and O–H groups in total. The third kappa shape index (κ3) is 3.23. The van der Waals surface area contributed by atoms with Crippen molar-refractivity contribution in [3.8, 4) is 11.5 Å². The number of carbonyl (C=O) groups excluding carboxylic acids is 1. The van der Waals surface area contributed by atoms with Gasteiger partial charge in [0.15, 0.2) is 24.1 Å². The molecule has 1 aliphatic heterocycles. The van der Waals surface area contributed by atoms with Crippen LogP contribution in [-0.4, -0.2) is 32.4 Å². The highest BCUT2D eigenvalue weighted by molar-refractivity contribution is 5.93. The number of fused-ring (bicyclic) bond motifs is 1. The van der Waals surface area contributed by atoms with Crippen LogP contribution in [0.3, 0.4) is 0 Å². The van der Waals surface area contributed by atoms with Crippen molar-refractivity contribution >= 4 is 5.78 Å². The van der Waals surface area contributed by atoms with Crippen LogP contribution >= 0.6 is 0 Å². The van der Waals surface area contributed by atoms with Gasteiger partial charge < -0.3 is 18.9 Å². The standard InChI is InChI=1S/C21H26O5/c1-5-6-16-12-21(20(11-17(16)22)25-13-26-21)14(2)9-15-7-8-18(23-3)19(10-15)24-4/h5,7-8,10-11,14,16H,1,6,9,12-13H2,2-4H3/t14?,16-,21+/m1/s1. The van der Waals surface area contributed by atoms with E-state index >= 15 is 0 Å². The van der Waals surface area contributed by atoms with E-state index in [1.54, 1.807) is 26.4 Å². The highest BCUT2D eigenvalue weighted by Crippen LogP contribution is 2.46. The number of carbonyl (C=O) groups is 1. The van der Waals surface area contributed by atoms with Gasteiger partial charge in [-0.25, -0.2) is 0 Å². The predicted octanol–water partition coefficient (Wildman–Crippen LogP) is 3.67. The first-order valence-electron chi connectivity index (χ1n) is 8.88. The molecule has 1 aromatic rings. The minimum Gasteiger partial charge on any atom is -0.493 e. The molecule has 0 spiro atoms. The lowest BCUT2D eigenvalue weighted by Gasteiger charge is -2.38. The van der Waals surface area contributed by atoms with E-state index in [1.807, 2.05) is 18.2 Å². The van der Waals surface area contributed by atoms with Crippen LogP contribution in [0.25, 0.3) is 0 Å². The molecular formula is C21H26O5. The molecular weight excluding hydrogens is 332 g/mol. The fraction of sp³-hybridized carbons (Fsp3) is 0.476. The molecule has 0 aromatic heterocycles. The summed E-state index contributed by atoms with van der Waals surface area (Å²) >= 11 is 0. The first kappa shape index (κ1) is 18.5. The predicted molar refractivity (Wildman–Crippen MR) is 98.2 cm³/mol. The summed E-state index contributed by atoms with van der Waals surface area (Å²) in [5.41, 5.74) is 0.561. The van der Waals surface area contributed by atoms with Crippen molar-refractivity contribution in [3.05, 3.63) is 48.3 Å². The summed E-state index contributed by atoms with van der Waals surface area (Å²) in [5, 5.41) is 0. The van der Waals surface area contributed by atoms with Crippen molar-refractivity contribution in [2.45, 2.75) is 31.8 Å². The summed E-state index contributed by atoms with van der Waals surface area (Å²) in [6.07, 6.45) is 5.46. The van der Waals surface area contributed by atoms with Crippen molar-refractivity contribution in [2.75, 3.05) is 21.0 Å². The topological polar surface area (TPSA) is 54.0 Å². The highest BCUT2D eigenvalue weighted by atomic mass is 16.7. The Morgan fingerprint density at radius 2 is 2.12 bits per heavy atom. The lowest BCUT2D eigenvalue weighted by molar-refractivity contribution is -0.123. The number of methoxy groups -OCH3 is 2. The van der Waals surface area contributed by atoms with E-state index in [1.165, 1.54) is 0 Å². The van der Waals surface area contributed by atoms with Crippen LogP contribution in [0.4, 0.5) is 0 Å². The zero-order valence-corrected chi connectivity index (χ0v) is 15.6. The summed E-state index contributed by atoms with van der Waals surface area (Å²) in [7, 11) is 3.25. The number of allylic oxidation sites excluding steroid dienone is 2. The van der Waals surface area contributed by atoms with Gasteiger partial charge in [-0.1, -0.05) is 19.1 Å². The van der Waals surface area contributed by atoms with E-state index in [0.29, 0.717) is 30.1 Å². The van der Waals surface area contributed by atoms with Gasteiger partial charge >= 0.3 is 0 Å². The van der Waals surface area contributed by atoms with E-state index in [-0.39, 0.29) is 24.4 Å². The van der Waals surface area contributed by atoms with Crippen LogP contribution < -0.4 is 9.47 Å². The number of hydrogen-bond donors (Lipinski definition) is 0. The fourth-order valence-electron chi connectivity index (χ4n) is 3.94. The molecule has 5 nitrogen and oxygen atoms in total. The van der Waals surface area contributed by atoms with Gasteiger partial charge in [0.05, 0.1) is 14.2 Å². The molecule has 1 unspecified atom stereocenters. The Hall–Kier alpha value is -2.27. The molecule has 1 heterocycles. The van der Waals surface area contributed by atoms with Crippen molar-refractivity contribution in [1.29, 1.82) is 0 Å². The minimum atomic E-state index is -0.561. The SMILES string of the molecule is C=CC[C@@H]1C[C@@]2(C(C)Cc3ccc(OC)c(OC)c3)OCOC2=CC1=O. The van der Waals surface area contributed by atoms with Crippen LogP contribution in [0.5, 0.6) is 11.5 Å². The minimum absolute atomic E-state index is 0.0966. The normalized spacial score (nSPS) is 25.7. The van der Waals surface area contributed by atoms with E-state index in [2.05, 4.69) is 13.5 Å². The average Bonchev–Trinajstić information content (AvgIpc) is 3.06. The van der Waals surface area contributed by atoms with Gasteiger partial charge in [-0.15, -0.1) is 6.58 Å². The zero-order chi connectivity index (χ0) is 18.7. The Bertz CT molecular complexity index is 723. The molecule has 140 valence electrons. The number of hydrogen-bond acceptors (Lipinski definition) is 5. The Kier molecular flexibility index (Phi) is 5.37. The Balaban J connectivity index is 1.86. The van der Waals surface area contributed by atoms with Crippen molar-refractivity contribution in [2.24, 2.45) is 11.8 Å². The summed E-state index contributed by atoms with van der Waals surface area (Å²) in [4.78, 5) is 12.3. The monoisotopic (exact) mass is 358 g/mol. The molecule has 1 saturated heterocycles. The van der Waals surface area contributed by atoms with E-state index in [0.717, 1.165) is 12.0 Å². The van der Waals surface area contributed by atoms with Crippen molar-refractivity contribution < 1.29 is 23.7 Å². The van der Waals surface area contributed by atoms with Gasteiger partial charge in [0, 0.05) is 12.0 Å². The van der Waals surface area contributed by atoms with Gasteiger partial charge in [0.1, 0.15) is 11.4 Å². The molecule has 26 heavy (non-hydrogen) atoms. The summed E-state index contributed by atoms with van der Waals surface area (Å²) < 4.78 is 22.4. The smallest absolute Gasteiger partial charge is 0.189 e. The molecule has 5 heteroatoms. The number of ether oxygens (including phenoxy) is 4. The molecule has 2 aliphatic rings. The first-order valence-corrected chi connectivity index (χ1v) is 8.88. The second-order valence-corrected chi connectivity index (χ2v) is 6.93. The quantitative estimate of drug-likeness (QED) is 0.696. The summed E-state index contributed by atoms with van der Waals surface area (Å²) in [6.45, 7) is 6.10. The van der Waals surface area contributed by atoms with E-state index < -0.39 is 5.60 Å². The largest absolute Gasteiger partial charge is 0.493 e. The lowest BCUT2D eigenvalue weighted by Crippen LogP contribution is -2.44. The fourth-order valence-corrected chi connectivity index (χ4v) is 3.94. The molecule has 0 saturated carbocycles. The number of benzene rings is 1. The molecule has 0 bridgehead atoms. The lowest BCUT2D eigenvalue weighted by atomic mass is 9.71. The second kappa shape index (κ2) is 7.54. The van der Waals surface area contributed by atoms with Gasteiger partial charge in [-0.2, -0.15) is 0 Å². The van der Waals surface area contributed by atoms with Crippen LogP contribution in [0.2, 0.25) is 0 Å². The molecule has 1 fully saturated rings. The van der Waals surface area contributed by atoms with Gasteiger partial charge in [-0.3, -0.25) is 4.79 Å². The average molecular weight is 358 g/mol. The number of rotatable bonds is 7. The highest BCUT2D eigenvalue weighted by Gasteiger charge is 2.51. The Morgan fingerprint density at radius 1 is 1.35 bits per heavy atom. The molecule has 1 aliphatic carbocycles. The maximum atomic E-state index is 12.3. The maximum absolute atomic E-state index is 12.3.